The minimum absolute atomic E-state index is 0.211. The number of imide groups is 1. The molecule has 29 heavy (non-hydrogen) atoms. The number of rotatable bonds is 3. The van der Waals surface area contributed by atoms with E-state index in [4.69, 9.17) is 0 Å². The number of carbonyl (C=O) groups excluding carboxylic acids is 2. The van der Waals surface area contributed by atoms with Crippen LogP contribution in [0.2, 0.25) is 0 Å². The van der Waals surface area contributed by atoms with Gasteiger partial charge in [-0.05, 0) is 50.0 Å². The number of aryl methyl sites for hydroxylation is 1. The van der Waals surface area contributed by atoms with Crippen LogP contribution in [0.25, 0.3) is 11.0 Å². The summed E-state index contributed by atoms with van der Waals surface area (Å²) < 4.78 is 3.16. The van der Waals surface area contributed by atoms with E-state index < -0.39 is 11.9 Å². The lowest BCUT2D eigenvalue weighted by molar-refractivity contribution is -0.135. The molecule has 2 N–H and O–H groups in total. The molecule has 1 atom stereocenters. The van der Waals surface area contributed by atoms with Crippen LogP contribution in [0.1, 0.15) is 43.2 Å². The third kappa shape index (κ3) is 3.11. The zero-order valence-corrected chi connectivity index (χ0v) is 16.7. The summed E-state index contributed by atoms with van der Waals surface area (Å²) in [5, 5.41) is 5.77. The Morgan fingerprint density at radius 1 is 1.00 bits per heavy atom. The molecule has 0 saturated carbocycles. The molecule has 2 aromatic rings. The Bertz CT molecular complexity index is 1030. The van der Waals surface area contributed by atoms with Gasteiger partial charge in [-0.25, -0.2) is 4.79 Å². The summed E-state index contributed by atoms with van der Waals surface area (Å²) in [5.41, 5.74) is 2.64. The van der Waals surface area contributed by atoms with E-state index >= 15 is 0 Å². The molecular weight excluding hydrogens is 370 g/mol. The van der Waals surface area contributed by atoms with E-state index in [1.807, 2.05) is 6.07 Å². The van der Waals surface area contributed by atoms with Crippen molar-refractivity contribution in [1.82, 2.24) is 24.7 Å². The van der Waals surface area contributed by atoms with Gasteiger partial charge in [-0.2, -0.15) is 0 Å². The van der Waals surface area contributed by atoms with Crippen molar-refractivity contribution in [3.63, 3.8) is 0 Å². The molecular formula is C21H27N5O3. The van der Waals surface area contributed by atoms with Crippen LogP contribution in [0.4, 0.5) is 0 Å². The van der Waals surface area contributed by atoms with Crippen molar-refractivity contribution in [2.24, 2.45) is 7.05 Å². The molecule has 2 amide bonds. The van der Waals surface area contributed by atoms with Crippen LogP contribution in [0.15, 0.2) is 23.0 Å². The van der Waals surface area contributed by atoms with Gasteiger partial charge in [0.05, 0.1) is 11.0 Å². The highest BCUT2D eigenvalue weighted by atomic mass is 16.2. The maximum absolute atomic E-state index is 12.9. The molecule has 1 aromatic heterocycles. The first kappa shape index (κ1) is 18.6. The summed E-state index contributed by atoms with van der Waals surface area (Å²) in [6, 6.07) is 6.21. The largest absolute Gasteiger partial charge is 0.329 e. The topological polar surface area (TPSA) is 88.4 Å². The Morgan fingerprint density at radius 3 is 2.48 bits per heavy atom. The SMILES string of the molecule is Cn1c(=O)n(C2CCC(=O)NC2=O)c2ccc(C3CN(C4CCNCC4)C3)cc21. The maximum atomic E-state index is 12.9. The number of amides is 2. The smallest absolute Gasteiger partial charge is 0.317 e. The quantitative estimate of drug-likeness (QED) is 0.735. The van der Waals surface area contributed by atoms with Crippen molar-refractivity contribution in [1.29, 1.82) is 0 Å². The molecule has 8 heteroatoms. The summed E-state index contributed by atoms with van der Waals surface area (Å²) in [7, 11) is 1.75. The summed E-state index contributed by atoms with van der Waals surface area (Å²) in [6.45, 7) is 4.34. The molecule has 0 aliphatic carbocycles. The fraction of sp³-hybridized carbons (Fsp3) is 0.571. The van der Waals surface area contributed by atoms with E-state index in [-0.39, 0.29) is 18.0 Å². The molecule has 4 heterocycles. The first-order valence-electron chi connectivity index (χ1n) is 10.5. The zero-order valence-electron chi connectivity index (χ0n) is 16.7. The van der Waals surface area contributed by atoms with Gasteiger partial charge in [0.15, 0.2) is 0 Å². The molecule has 5 rings (SSSR count). The van der Waals surface area contributed by atoms with Crippen LogP contribution in [0.5, 0.6) is 0 Å². The summed E-state index contributed by atoms with van der Waals surface area (Å²) in [4.78, 5) is 39.2. The molecule has 154 valence electrons. The molecule has 8 nitrogen and oxygen atoms in total. The van der Waals surface area contributed by atoms with E-state index in [9.17, 15) is 14.4 Å². The van der Waals surface area contributed by atoms with Gasteiger partial charge in [0.2, 0.25) is 11.8 Å². The number of nitrogens with zero attached hydrogens (tertiary/aromatic N) is 3. The summed E-state index contributed by atoms with van der Waals surface area (Å²) >= 11 is 0. The van der Waals surface area contributed by atoms with E-state index in [0.717, 1.165) is 37.2 Å². The minimum atomic E-state index is -0.631. The van der Waals surface area contributed by atoms with Gasteiger partial charge in [0, 0.05) is 38.5 Å². The second-order valence-electron chi connectivity index (χ2n) is 8.56. The predicted molar refractivity (Wildman–Crippen MR) is 109 cm³/mol. The zero-order chi connectivity index (χ0) is 20.1. The number of aromatic nitrogens is 2. The van der Waals surface area contributed by atoms with E-state index in [2.05, 4.69) is 27.7 Å². The van der Waals surface area contributed by atoms with Crippen LogP contribution in [-0.4, -0.2) is 58.1 Å². The second kappa shape index (κ2) is 7.11. The van der Waals surface area contributed by atoms with Crippen LogP contribution in [0, 0.1) is 0 Å². The van der Waals surface area contributed by atoms with Gasteiger partial charge >= 0.3 is 5.69 Å². The summed E-state index contributed by atoms with van der Waals surface area (Å²) in [6.07, 6.45) is 3.05. The standard InChI is InChI=1S/C21H27N5O3/c1-24-18-10-13(14-11-25(12-14)15-6-8-22-9-7-15)2-3-16(18)26(21(24)29)17-4-5-19(27)23-20(17)28/h2-3,10,14-15,17,22H,4-9,11-12H2,1H3,(H,23,27,28). The van der Waals surface area contributed by atoms with Gasteiger partial charge in [-0.3, -0.25) is 28.9 Å². The van der Waals surface area contributed by atoms with Gasteiger partial charge < -0.3 is 5.32 Å². The minimum Gasteiger partial charge on any atom is -0.317 e. The number of hydrogen-bond donors (Lipinski definition) is 2. The average molecular weight is 397 g/mol. The molecule has 3 aliphatic rings. The number of carbonyl (C=O) groups is 2. The van der Waals surface area contributed by atoms with Crippen molar-refractivity contribution < 1.29 is 9.59 Å². The first-order valence-corrected chi connectivity index (χ1v) is 10.5. The monoisotopic (exact) mass is 397 g/mol. The molecule has 1 aromatic carbocycles. The molecule has 3 saturated heterocycles. The highest BCUT2D eigenvalue weighted by Gasteiger charge is 2.35. The Hall–Kier alpha value is -2.45. The van der Waals surface area contributed by atoms with Crippen molar-refractivity contribution >= 4 is 22.8 Å². The van der Waals surface area contributed by atoms with Crippen LogP contribution in [0.3, 0.4) is 0 Å². The van der Waals surface area contributed by atoms with Gasteiger partial charge in [-0.1, -0.05) is 6.07 Å². The van der Waals surface area contributed by atoms with Crippen molar-refractivity contribution in [3.05, 3.63) is 34.2 Å². The number of nitrogens with one attached hydrogen (secondary N) is 2. The van der Waals surface area contributed by atoms with Gasteiger partial charge in [0.25, 0.3) is 0 Å². The van der Waals surface area contributed by atoms with Crippen molar-refractivity contribution in [2.45, 2.75) is 43.7 Å². The third-order valence-corrected chi connectivity index (χ3v) is 6.84. The number of likely N-dealkylation sites (tertiary alicyclic amines) is 1. The lowest BCUT2D eigenvalue weighted by Crippen LogP contribution is -2.53. The molecule has 3 fully saturated rings. The number of piperidine rings is 2. The van der Waals surface area contributed by atoms with Gasteiger partial charge in [0.1, 0.15) is 6.04 Å². The molecule has 1 unspecified atom stereocenters. The molecule has 0 bridgehead atoms. The van der Waals surface area contributed by atoms with E-state index in [1.54, 1.807) is 16.2 Å². The van der Waals surface area contributed by atoms with E-state index in [1.165, 1.54) is 18.4 Å². The van der Waals surface area contributed by atoms with Crippen molar-refractivity contribution in [3.8, 4) is 0 Å². The molecule has 0 radical (unpaired) electrons. The number of fused-ring (bicyclic) bond motifs is 1. The van der Waals surface area contributed by atoms with Crippen LogP contribution in [-0.2, 0) is 16.6 Å². The Kier molecular flexibility index (Phi) is 4.55. The fourth-order valence-electron chi connectivity index (χ4n) is 5.06. The fourth-order valence-corrected chi connectivity index (χ4v) is 5.06. The van der Waals surface area contributed by atoms with Crippen LogP contribution >= 0.6 is 0 Å². The number of imidazole rings is 1. The maximum Gasteiger partial charge on any atom is 0.329 e. The first-order chi connectivity index (χ1) is 14.0. The van der Waals surface area contributed by atoms with Crippen molar-refractivity contribution in [2.75, 3.05) is 26.2 Å². The highest BCUT2D eigenvalue weighted by Crippen LogP contribution is 2.33. The number of hydrogen-bond acceptors (Lipinski definition) is 5. The summed E-state index contributed by atoms with van der Waals surface area (Å²) in [5.74, 6) is -0.176. The lowest BCUT2D eigenvalue weighted by atomic mass is 9.88. The normalized spacial score (nSPS) is 24.7. The lowest BCUT2D eigenvalue weighted by Gasteiger charge is -2.46. The third-order valence-electron chi connectivity index (χ3n) is 6.84. The predicted octanol–water partition coefficient (Wildman–Crippen LogP) is 0.469. The Labute approximate surface area is 168 Å². The average Bonchev–Trinajstić information content (AvgIpc) is 2.92. The molecule has 0 spiro atoms. The number of benzene rings is 1. The van der Waals surface area contributed by atoms with E-state index in [0.29, 0.717) is 18.4 Å². The second-order valence-corrected chi connectivity index (χ2v) is 8.56. The Morgan fingerprint density at radius 2 is 1.76 bits per heavy atom. The Balaban J connectivity index is 1.40. The van der Waals surface area contributed by atoms with Gasteiger partial charge in [-0.15, -0.1) is 0 Å². The molecule has 3 aliphatic heterocycles. The van der Waals surface area contributed by atoms with Crippen LogP contribution < -0.4 is 16.3 Å². The highest BCUT2D eigenvalue weighted by molar-refractivity contribution is 6.00.